The van der Waals surface area contributed by atoms with E-state index in [4.69, 9.17) is 4.74 Å². The van der Waals surface area contributed by atoms with Gasteiger partial charge in [0.15, 0.2) is 0 Å². The van der Waals surface area contributed by atoms with Gasteiger partial charge >= 0.3 is 0 Å². The van der Waals surface area contributed by atoms with Crippen LogP contribution in [0.4, 0.5) is 11.4 Å². The standard InChI is InChI=1S/C21H31N3O3/c1-21(2,3)20(26)24-10-8-16(9-11-24)19(25)22-17-6-4-5-7-18(17)23-12-14-27-15-13-23/h4-7,16H,8-15H2,1-3H3,(H,22,25). The number of ether oxygens (including phenoxy) is 1. The van der Waals surface area contributed by atoms with Gasteiger partial charge in [-0.2, -0.15) is 0 Å². The summed E-state index contributed by atoms with van der Waals surface area (Å²) in [6.07, 6.45) is 1.43. The van der Waals surface area contributed by atoms with Crippen molar-refractivity contribution in [2.24, 2.45) is 11.3 Å². The van der Waals surface area contributed by atoms with Gasteiger partial charge in [-0.25, -0.2) is 0 Å². The molecule has 148 valence electrons. The Balaban J connectivity index is 1.60. The minimum Gasteiger partial charge on any atom is -0.378 e. The molecule has 27 heavy (non-hydrogen) atoms. The van der Waals surface area contributed by atoms with Gasteiger partial charge in [0.2, 0.25) is 11.8 Å². The van der Waals surface area contributed by atoms with E-state index in [1.54, 1.807) is 0 Å². The van der Waals surface area contributed by atoms with Crippen molar-refractivity contribution in [2.45, 2.75) is 33.6 Å². The molecule has 1 aromatic rings. The van der Waals surface area contributed by atoms with Crippen LogP contribution in [-0.2, 0) is 14.3 Å². The van der Waals surface area contributed by atoms with Crippen LogP contribution in [0.15, 0.2) is 24.3 Å². The average molecular weight is 373 g/mol. The quantitative estimate of drug-likeness (QED) is 0.885. The number of para-hydroxylation sites is 2. The molecule has 0 aliphatic carbocycles. The second kappa shape index (κ2) is 8.30. The van der Waals surface area contributed by atoms with Crippen LogP contribution in [0.3, 0.4) is 0 Å². The van der Waals surface area contributed by atoms with Gasteiger partial charge in [0.05, 0.1) is 24.6 Å². The smallest absolute Gasteiger partial charge is 0.227 e. The Bertz CT molecular complexity index is 669. The van der Waals surface area contributed by atoms with E-state index in [0.717, 1.165) is 24.5 Å². The molecule has 0 bridgehead atoms. The van der Waals surface area contributed by atoms with Gasteiger partial charge in [-0.3, -0.25) is 9.59 Å². The van der Waals surface area contributed by atoms with Crippen molar-refractivity contribution in [3.63, 3.8) is 0 Å². The van der Waals surface area contributed by atoms with Gasteiger partial charge < -0.3 is 19.9 Å². The predicted molar refractivity (Wildman–Crippen MR) is 107 cm³/mol. The van der Waals surface area contributed by atoms with Crippen LogP contribution >= 0.6 is 0 Å². The lowest BCUT2D eigenvalue weighted by molar-refractivity contribution is -0.142. The number of hydrogen-bond donors (Lipinski definition) is 1. The molecule has 1 aromatic carbocycles. The number of nitrogens with zero attached hydrogens (tertiary/aromatic N) is 2. The number of piperidine rings is 1. The van der Waals surface area contributed by atoms with Gasteiger partial charge in [-0.15, -0.1) is 0 Å². The molecule has 0 aromatic heterocycles. The maximum absolute atomic E-state index is 12.8. The third kappa shape index (κ3) is 4.80. The van der Waals surface area contributed by atoms with E-state index in [9.17, 15) is 9.59 Å². The van der Waals surface area contributed by atoms with Crippen LogP contribution in [0.25, 0.3) is 0 Å². The van der Waals surface area contributed by atoms with E-state index in [2.05, 4.69) is 10.2 Å². The maximum atomic E-state index is 12.8. The van der Waals surface area contributed by atoms with Crippen LogP contribution < -0.4 is 10.2 Å². The van der Waals surface area contributed by atoms with Gasteiger partial charge in [-0.1, -0.05) is 32.9 Å². The molecule has 6 nitrogen and oxygen atoms in total. The molecule has 0 spiro atoms. The van der Waals surface area contributed by atoms with E-state index >= 15 is 0 Å². The van der Waals surface area contributed by atoms with Crippen LogP contribution in [-0.4, -0.2) is 56.1 Å². The van der Waals surface area contributed by atoms with E-state index in [-0.39, 0.29) is 23.1 Å². The summed E-state index contributed by atoms with van der Waals surface area (Å²) in [4.78, 5) is 29.4. The molecule has 2 fully saturated rings. The Morgan fingerprint density at radius 1 is 1.04 bits per heavy atom. The third-order valence-electron chi connectivity index (χ3n) is 5.31. The molecule has 2 saturated heterocycles. The number of hydrogen-bond acceptors (Lipinski definition) is 4. The lowest BCUT2D eigenvalue weighted by Gasteiger charge is -2.35. The molecular weight excluding hydrogens is 342 g/mol. The van der Waals surface area contributed by atoms with E-state index in [1.807, 2.05) is 49.9 Å². The molecule has 2 amide bonds. The fourth-order valence-electron chi connectivity index (χ4n) is 3.71. The summed E-state index contributed by atoms with van der Waals surface area (Å²) in [6.45, 7) is 10.2. The zero-order valence-corrected chi connectivity index (χ0v) is 16.7. The second-order valence-electron chi connectivity index (χ2n) is 8.42. The average Bonchev–Trinajstić information content (AvgIpc) is 2.68. The first-order valence-electron chi connectivity index (χ1n) is 9.88. The van der Waals surface area contributed by atoms with Crippen LogP contribution in [0.1, 0.15) is 33.6 Å². The summed E-state index contributed by atoms with van der Waals surface area (Å²) in [6, 6.07) is 7.95. The summed E-state index contributed by atoms with van der Waals surface area (Å²) in [7, 11) is 0. The maximum Gasteiger partial charge on any atom is 0.227 e. The molecule has 2 aliphatic rings. The Hall–Kier alpha value is -2.08. The molecular formula is C21H31N3O3. The number of anilines is 2. The Labute approximate surface area is 161 Å². The number of carbonyl (C=O) groups is 2. The number of nitrogens with one attached hydrogen (secondary N) is 1. The molecule has 3 rings (SSSR count). The fourth-order valence-corrected chi connectivity index (χ4v) is 3.71. The van der Waals surface area contributed by atoms with Crippen molar-refractivity contribution in [3.05, 3.63) is 24.3 Å². The highest BCUT2D eigenvalue weighted by Gasteiger charge is 2.32. The largest absolute Gasteiger partial charge is 0.378 e. The molecule has 2 heterocycles. The highest BCUT2D eigenvalue weighted by Crippen LogP contribution is 2.29. The summed E-state index contributed by atoms with van der Waals surface area (Å²) in [5, 5.41) is 3.13. The number of morpholine rings is 1. The molecule has 6 heteroatoms. The van der Waals surface area contributed by atoms with E-state index in [1.165, 1.54) is 0 Å². The molecule has 0 unspecified atom stereocenters. The van der Waals surface area contributed by atoms with E-state index < -0.39 is 0 Å². The Morgan fingerprint density at radius 3 is 2.30 bits per heavy atom. The number of amides is 2. The van der Waals surface area contributed by atoms with Gasteiger partial charge in [-0.05, 0) is 25.0 Å². The molecule has 0 radical (unpaired) electrons. The van der Waals surface area contributed by atoms with Crippen LogP contribution in [0.5, 0.6) is 0 Å². The summed E-state index contributed by atoms with van der Waals surface area (Å²) < 4.78 is 5.43. The zero-order valence-electron chi connectivity index (χ0n) is 16.7. The van der Waals surface area contributed by atoms with Gasteiger partial charge in [0, 0.05) is 37.5 Å². The summed E-state index contributed by atoms with van der Waals surface area (Å²) >= 11 is 0. The lowest BCUT2D eigenvalue weighted by Crippen LogP contribution is -2.45. The van der Waals surface area contributed by atoms with Crippen molar-refractivity contribution in [1.29, 1.82) is 0 Å². The summed E-state index contributed by atoms with van der Waals surface area (Å²) in [5.41, 5.74) is 1.54. The first kappa shape index (κ1) is 19.7. The Morgan fingerprint density at radius 2 is 1.67 bits per heavy atom. The first-order valence-corrected chi connectivity index (χ1v) is 9.88. The zero-order chi connectivity index (χ0) is 19.4. The predicted octanol–water partition coefficient (Wildman–Crippen LogP) is 2.75. The number of carbonyl (C=O) groups excluding carboxylic acids is 2. The number of benzene rings is 1. The monoisotopic (exact) mass is 373 g/mol. The van der Waals surface area contributed by atoms with Crippen molar-refractivity contribution < 1.29 is 14.3 Å². The van der Waals surface area contributed by atoms with Gasteiger partial charge in [0.1, 0.15) is 0 Å². The van der Waals surface area contributed by atoms with Crippen molar-refractivity contribution >= 4 is 23.2 Å². The molecule has 1 N–H and O–H groups in total. The number of rotatable bonds is 3. The Kier molecular flexibility index (Phi) is 6.05. The SMILES string of the molecule is CC(C)(C)C(=O)N1CCC(C(=O)Nc2ccccc2N2CCOCC2)CC1. The highest BCUT2D eigenvalue weighted by molar-refractivity contribution is 5.96. The minimum atomic E-state index is -0.369. The van der Waals surface area contributed by atoms with Crippen molar-refractivity contribution in [2.75, 3.05) is 49.6 Å². The minimum absolute atomic E-state index is 0.0493. The van der Waals surface area contributed by atoms with Gasteiger partial charge in [0.25, 0.3) is 0 Å². The number of likely N-dealkylation sites (tertiary alicyclic amines) is 1. The highest BCUT2D eigenvalue weighted by atomic mass is 16.5. The molecule has 0 saturated carbocycles. The van der Waals surface area contributed by atoms with Crippen molar-refractivity contribution in [3.8, 4) is 0 Å². The fraction of sp³-hybridized carbons (Fsp3) is 0.619. The molecule has 0 atom stereocenters. The lowest BCUT2D eigenvalue weighted by atomic mass is 9.90. The van der Waals surface area contributed by atoms with Crippen LogP contribution in [0.2, 0.25) is 0 Å². The normalized spacial score (nSPS) is 19.1. The first-order chi connectivity index (χ1) is 12.9. The summed E-state index contributed by atoms with van der Waals surface area (Å²) in [5.74, 6) is 0.171. The second-order valence-corrected chi connectivity index (χ2v) is 8.42. The third-order valence-corrected chi connectivity index (χ3v) is 5.31. The molecule has 2 aliphatic heterocycles. The van der Waals surface area contributed by atoms with Crippen molar-refractivity contribution in [1.82, 2.24) is 4.90 Å². The topological polar surface area (TPSA) is 61.9 Å². The van der Waals surface area contributed by atoms with E-state index in [0.29, 0.717) is 39.1 Å². The van der Waals surface area contributed by atoms with Crippen LogP contribution in [0, 0.1) is 11.3 Å².